The Bertz CT molecular complexity index is 42.8. The highest BCUT2D eigenvalue weighted by Crippen LogP contribution is 1.76. The normalized spacial score (nSPS) is 10.3. The Morgan fingerprint density at radius 2 is 2.50 bits per heavy atom. The lowest BCUT2D eigenvalue weighted by molar-refractivity contribution is 0.234. The molecule has 36 valence electrons. The van der Waals surface area contributed by atoms with Crippen LogP contribution >= 0.6 is 11.6 Å². The topological polar surface area (TPSA) is 9.23 Å². The summed E-state index contributed by atoms with van der Waals surface area (Å²) in [6.45, 7) is 0.601. The van der Waals surface area contributed by atoms with Gasteiger partial charge in [-0.2, -0.15) is 0 Å². The van der Waals surface area contributed by atoms with Crippen LogP contribution in [0.5, 0.6) is 0 Å². The van der Waals surface area contributed by atoms with Gasteiger partial charge in [0, 0.05) is 12.6 Å². The Morgan fingerprint density at radius 1 is 1.83 bits per heavy atom. The minimum atomic E-state index is 0.601. The van der Waals surface area contributed by atoms with E-state index >= 15 is 0 Å². The number of rotatable bonds is 2. The van der Waals surface area contributed by atoms with Gasteiger partial charge in [0.05, 0.1) is 6.61 Å². The number of halogens is 1. The largest absolute Gasteiger partial charge is 0.381 e. The first-order chi connectivity index (χ1) is 2.91. The molecule has 0 spiro atoms. The summed E-state index contributed by atoms with van der Waals surface area (Å²) >= 11 is 5.12. The van der Waals surface area contributed by atoms with Crippen LogP contribution in [-0.2, 0) is 4.74 Å². The fourth-order valence-electron chi connectivity index (χ4n) is 0.133. The number of hydrogen-bond donors (Lipinski definition) is 0. The van der Waals surface area contributed by atoms with Gasteiger partial charge in [-0.05, 0) is 6.08 Å². The van der Waals surface area contributed by atoms with E-state index in [1.807, 2.05) is 0 Å². The van der Waals surface area contributed by atoms with Crippen LogP contribution in [0.3, 0.4) is 0 Å². The minimum absolute atomic E-state index is 0.601. The second-order valence-electron chi connectivity index (χ2n) is 0.817. The standard InChI is InChI=1S/C4H7ClO/c1-6-4-2-3-5/h2-3H,4H2,1H3/b3-2-. The molecule has 0 fully saturated rings. The van der Waals surface area contributed by atoms with Gasteiger partial charge in [0.1, 0.15) is 0 Å². The van der Waals surface area contributed by atoms with Crippen molar-refractivity contribution in [3.05, 3.63) is 11.6 Å². The Labute approximate surface area is 42.6 Å². The average molecular weight is 107 g/mol. The summed E-state index contributed by atoms with van der Waals surface area (Å²) in [5.41, 5.74) is 1.43. The molecule has 0 saturated heterocycles. The molecule has 1 nitrogen and oxygen atoms in total. The van der Waals surface area contributed by atoms with Gasteiger partial charge in [-0.3, -0.25) is 0 Å². The average Bonchev–Trinajstić information content (AvgIpc) is 1.61. The third-order valence-corrected chi connectivity index (χ3v) is 0.530. The number of ether oxygens (including phenoxy) is 1. The monoisotopic (exact) mass is 106 g/mol. The molecule has 0 rings (SSSR count). The van der Waals surface area contributed by atoms with Gasteiger partial charge in [-0.15, -0.1) is 0 Å². The highest BCUT2D eigenvalue weighted by Gasteiger charge is 1.63. The molecule has 0 unspecified atom stereocenters. The lowest BCUT2D eigenvalue weighted by atomic mass is 10.7. The highest BCUT2D eigenvalue weighted by molar-refractivity contribution is 6.25. The van der Waals surface area contributed by atoms with Crippen LogP contribution in [0, 0.1) is 0 Å². The molecule has 0 aromatic heterocycles. The zero-order valence-electron chi connectivity index (χ0n) is 3.65. The molecule has 0 aliphatic carbocycles. The SMILES string of the molecule is COC/C=C\Cl. The van der Waals surface area contributed by atoms with Crippen LogP contribution in [0.25, 0.3) is 0 Å². The summed E-state index contributed by atoms with van der Waals surface area (Å²) in [6, 6.07) is 0. The summed E-state index contributed by atoms with van der Waals surface area (Å²) in [5.74, 6) is 0. The van der Waals surface area contributed by atoms with E-state index in [1.54, 1.807) is 13.2 Å². The molecule has 0 heterocycles. The number of methoxy groups -OCH3 is 1. The molecule has 0 atom stereocenters. The summed E-state index contributed by atoms with van der Waals surface area (Å²) in [7, 11) is 1.62. The molecule has 0 N–H and O–H groups in total. The first-order valence-corrected chi connectivity index (χ1v) is 2.09. The van der Waals surface area contributed by atoms with E-state index in [-0.39, 0.29) is 0 Å². The maximum Gasteiger partial charge on any atom is 0.0655 e. The molecule has 0 aliphatic rings. The van der Waals surface area contributed by atoms with E-state index in [2.05, 4.69) is 4.74 Å². The lowest BCUT2D eigenvalue weighted by Gasteiger charge is -1.81. The van der Waals surface area contributed by atoms with Crippen LogP contribution in [0.4, 0.5) is 0 Å². The Balaban J connectivity index is 2.66. The van der Waals surface area contributed by atoms with Crippen molar-refractivity contribution in [1.82, 2.24) is 0 Å². The Kier molecular flexibility index (Phi) is 4.98. The smallest absolute Gasteiger partial charge is 0.0655 e. The van der Waals surface area contributed by atoms with Crippen molar-refractivity contribution in [2.75, 3.05) is 13.7 Å². The molecule has 6 heavy (non-hydrogen) atoms. The molecule has 0 aliphatic heterocycles. The van der Waals surface area contributed by atoms with Gasteiger partial charge in [0.25, 0.3) is 0 Å². The Morgan fingerprint density at radius 3 is 2.67 bits per heavy atom. The molecule has 0 bridgehead atoms. The van der Waals surface area contributed by atoms with Gasteiger partial charge in [0.15, 0.2) is 0 Å². The third-order valence-electron chi connectivity index (χ3n) is 0.352. The maximum absolute atomic E-state index is 5.12. The van der Waals surface area contributed by atoms with Crippen LogP contribution in [-0.4, -0.2) is 13.7 Å². The van der Waals surface area contributed by atoms with Gasteiger partial charge < -0.3 is 4.74 Å². The molecular weight excluding hydrogens is 99.5 g/mol. The third kappa shape index (κ3) is 3.99. The fraction of sp³-hybridized carbons (Fsp3) is 0.500. The lowest BCUT2D eigenvalue weighted by Crippen LogP contribution is -1.77. The van der Waals surface area contributed by atoms with E-state index < -0.39 is 0 Å². The van der Waals surface area contributed by atoms with Crippen molar-refractivity contribution >= 4 is 11.6 Å². The van der Waals surface area contributed by atoms with Crippen molar-refractivity contribution in [2.45, 2.75) is 0 Å². The molecule has 0 radical (unpaired) electrons. The molecule has 0 aromatic carbocycles. The van der Waals surface area contributed by atoms with Crippen molar-refractivity contribution in [1.29, 1.82) is 0 Å². The van der Waals surface area contributed by atoms with Gasteiger partial charge in [-0.25, -0.2) is 0 Å². The summed E-state index contributed by atoms with van der Waals surface area (Å²) < 4.78 is 4.61. The van der Waals surface area contributed by atoms with Crippen molar-refractivity contribution in [3.63, 3.8) is 0 Å². The Hall–Kier alpha value is -0.0100. The summed E-state index contributed by atoms with van der Waals surface area (Å²) in [6.07, 6.45) is 1.72. The summed E-state index contributed by atoms with van der Waals surface area (Å²) in [4.78, 5) is 0. The van der Waals surface area contributed by atoms with Gasteiger partial charge >= 0.3 is 0 Å². The molecule has 0 amide bonds. The zero-order valence-corrected chi connectivity index (χ0v) is 4.40. The van der Waals surface area contributed by atoms with Crippen LogP contribution in [0.1, 0.15) is 0 Å². The highest BCUT2D eigenvalue weighted by atomic mass is 35.5. The van der Waals surface area contributed by atoms with Crippen LogP contribution < -0.4 is 0 Å². The molecular formula is C4H7ClO. The van der Waals surface area contributed by atoms with E-state index in [9.17, 15) is 0 Å². The van der Waals surface area contributed by atoms with E-state index in [0.29, 0.717) is 6.61 Å². The molecule has 2 heteroatoms. The second kappa shape index (κ2) is 4.99. The van der Waals surface area contributed by atoms with Crippen molar-refractivity contribution < 1.29 is 4.74 Å². The predicted octanol–water partition coefficient (Wildman–Crippen LogP) is 1.39. The van der Waals surface area contributed by atoms with Crippen LogP contribution in [0.2, 0.25) is 0 Å². The zero-order chi connectivity index (χ0) is 4.83. The van der Waals surface area contributed by atoms with Crippen LogP contribution in [0.15, 0.2) is 11.6 Å². The van der Waals surface area contributed by atoms with E-state index in [1.165, 1.54) is 5.54 Å². The first-order valence-electron chi connectivity index (χ1n) is 1.66. The molecule has 0 saturated carbocycles. The fourth-order valence-corrected chi connectivity index (χ4v) is 0.205. The van der Waals surface area contributed by atoms with Gasteiger partial charge in [0.2, 0.25) is 0 Å². The maximum atomic E-state index is 5.12. The first kappa shape index (κ1) is 5.99. The predicted molar refractivity (Wildman–Crippen MR) is 26.9 cm³/mol. The molecule has 0 aromatic rings. The second-order valence-corrected chi connectivity index (χ2v) is 1.07. The van der Waals surface area contributed by atoms with E-state index in [0.717, 1.165) is 0 Å². The van der Waals surface area contributed by atoms with Gasteiger partial charge in [-0.1, -0.05) is 11.6 Å². The quantitative estimate of drug-likeness (QED) is 0.517. The van der Waals surface area contributed by atoms with Crippen molar-refractivity contribution in [2.24, 2.45) is 0 Å². The van der Waals surface area contributed by atoms with Crippen molar-refractivity contribution in [3.8, 4) is 0 Å². The van der Waals surface area contributed by atoms with E-state index in [4.69, 9.17) is 11.6 Å². The summed E-state index contributed by atoms with van der Waals surface area (Å²) in [5, 5.41) is 0. The minimum Gasteiger partial charge on any atom is -0.381 e. The number of hydrogen-bond acceptors (Lipinski definition) is 1.